The van der Waals surface area contributed by atoms with Crippen LogP contribution in [0.3, 0.4) is 0 Å². The van der Waals surface area contributed by atoms with Crippen LogP contribution in [0.4, 0.5) is 0 Å². The van der Waals surface area contributed by atoms with Crippen molar-refractivity contribution in [3.05, 3.63) is 22.4 Å². The molecule has 0 radical (unpaired) electrons. The lowest BCUT2D eigenvalue weighted by molar-refractivity contribution is -0.152. The maximum Gasteiger partial charge on any atom is 0.331 e. The lowest BCUT2D eigenvalue weighted by Crippen LogP contribution is -2.56. The summed E-state index contributed by atoms with van der Waals surface area (Å²) in [4.78, 5) is 36.9. The second-order valence-electron chi connectivity index (χ2n) is 5.94. The number of thiophene rings is 1. The Kier molecular flexibility index (Phi) is 6.33. The third kappa shape index (κ3) is 4.64. The second kappa shape index (κ2) is 8.24. The van der Waals surface area contributed by atoms with Gasteiger partial charge in [0.05, 0.1) is 12.0 Å². The number of methoxy groups -OCH3 is 1. The third-order valence-corrected chi connectivity index (χ3v) is 5.18. The first-order chi connectivity index (χ1) is 11.1. The van der Waals surface area contributed by atoms with E-state index in [1.807, 2.05) is 11.4 Å². The molecule has 5 nitrogen and oxygen atoms in total. The van der Waals surface area contributed by atoms with Crippen molar-refractivity contribution in [1.29, 1.82) is 0 Å². The summed E-state index contributed by atoms with van der Waals surface area (Å²) in [5, 5.41) is 4.73. The van der Waals surface area contributed by atoms with Crippen molar-refractivity contribution in [2.45, 2.75) is 56.9 Å². The van der Waals surface area contributed by atoms with E-state index in [9.17, 15) is 14.4 Å². The van der Waals surface area contributed by atoms with E-state index in [-0.39, 0.29) is 24.1 Å². The number of rotatable bonds is 7. The van der Waals surface area contributed by atoms with Gasteiger partial charge in [-0.15, -0.1) is 11.3 Å². The largest absolute Gasteiger partial charge is 0.467 e. The molecule has 0 aliphatic heterocycles. The fraction of sp³-hybridized carbons (Fsp3) is 0.588. The minimum Gasteiger partial charge on any atom is -0.467 e. The van der Waals surface area contributed by atoms with Crippen LogP contribution >= 0.6 is 11.3 Å². The van der Waals surface area contributed by atoms with Gasteiger partial charge in [0.25, 0.3) is 0 Å². The maximum absolute atomic E-state index is 12.2. The van der Waals surface area contributed by atoms with Crippen molar-refractivity contribution in [1.82, 2.24) is 5.32 Å². The molecule has 0 spiro atoms. The first-order valence-corrected chi connectivity index (χ1v) is 8.91. The van der Waals surface area contributed by atoms with E-state index >= 15 is 0 Å². The van der Waals surface area contributed by atoms with Crippen molar-refractivity contribution in [2.75, 3.05) is 7.11 Å². The Bertz CT molecular complexity index is 547. The Morgan fingerprint density at radius 2 is 1.96 bits per heavy atom. The molecule has 1 saturated carbocycles. The number of ketones is 1. The van der Waals surface area contributed by atoms with E-state index in [1.165, 1.54) is 18.4 Å². The van der Waals surface area contributed by atoms with E-state index in [1.54, 1.807) is 6.07 Å². The lowest BCUT2D eigenvalue weighted by atomic mass is 9.81. The number of hydrogen-bond acceptors (Lipinski definition) is 5. The summed E-state index contributed by atoms with van der Waals surface area (Å²) < 4.78 is 4.88. The van der Waals surface area contributed by atoms with Gasteiger partial charge in [0, 0.05) is 12.8 Å². The monoisotopic (exact) mass is 337 g/mol. The summed E-state index contributed by atoms with van der Waals surface area (Å²) in [5.74, 6) is -0.482. The van der Waals surface area contributed by atoms with E-state index in [4.69, 9.17) is 4.74 Å². The quantitative estimate of drug-likeness (QED) is 0.613. The standard InChI is InChI=1S/C17H23NO4S/c1-22-16(21)17(10-3-2-4-11-17)18-15(20)9-5-7-13(19)14-8-6-12-23-14/h6,8,12H,2-5,7,9-11H2,1H3,(H,18,20). The van der Waals surface area contributed by atoms with Crippen molar-refractivity contribution in [3.63, 3.8) is 0 Å². The summed E-state index contributed by atoms with van der Waals surface area (Å²) in [6.07, 6.45) is 5.22. The predicted octanol–water partition coefficient (Wildman–Crippen LogP) is 3.09. The number of amides is 1. The molecule has 1 aromatic heterocycles. The zero-order chi connectivity index (χ0) is 16.7. The third-order valence-electron chi connectivity index (χ3n) is 4.27. The summed E-state index contributed by atoms with van der Waals surface area (Å²) in [6, 6.07) is 3.63. The van der Waals surface area contributed by atoms with Crippen LogP contribution in [0.1, 0.15) is 61.0 Å². The van der Waals surface area contributed by atoms with Crippen LogP contribution in [0.25, 0.3) is 0 Å². The minimum atomic E-state index is -0.873. The molecule has 6 heteroatoms. The van der Waals surface area contributed by atoms with Crippen LogP contribution in [0, 0.1) is 0 Å². The number of ether oxygens (including phenoxy) is 1. The van der Waals surface area contributed by atoms with E-state index in [0.717, 1.165) is 24.1 Å². The summed E-state index contributed by atoms with van der Waals surface area (Å²) in [7, 11) is 1.35. The first kappa shape index (κ1) is 17.7. The molecule has 1 N–H and O–H groups in total. The Labute approximate surface area is 140 Å². The zero-order valence-electron chi connectivity index (χ0n) is 13.4. The van der Waals surface area contributed by atoms with Gasteiger partial charge in [0.2, 0.25) is 5.91 Å². The van der Waals surface area contributed by atoms with Crippen molar-refractivity contribution >= 4 is 29.0 Å². The first-order valence-electron chi connectivity index (χ1n) is 8.03. The Balaban J connectivity index is 1.82. The molecule has 1 amide bonds. The smallest absolute Gasteiger partial charge is 0.331 e. The van der Waals surface area contributed by atoms with Gasteiger partial charge in [0.1, 0.15) is 5.54 Å². The SMILES string of the molecule is COC(=O)C1(NC(=O)CCCC(=O)c2cccs2)CCCCC1. The lowest BCUT2D eigenvalue weighted by Gasteiger charge is -2.35. The molecule has 0 saturated heterocycles. The van der Waals surface area contributed by atoms with Crippen molar-refractivity contribution in [2.24, 2.45) is 0 Å². The number of nitrogens with one attached hydrogen (secondary N) is 1. The van der Waals surface area contributed by atoms with Gasteiger partial charge in [-0.25, -0.2) is 4.79 Å². The molecule has 1 fully saturated rings. The van der Waals surface area contributed by atoms with Crippen molar-refractivity contribution in [3.8, 4) is 0 Å². The average molecular weight is 337 g/mol. The Morgan fingerprint density at radius 1 is 1.22 bits per heavy atom. The van der Waals surface area contributed by atoms with Crippen LogP contribution in [-0.2, 0) is 14.3 Å². The molecule has 2 rings (SSSR count). The molecule has 1 heterocycles. The van der Waals surface area contributed by atoms with E-state index < -0.39 is 5.54 Å². The fourth-order valence-electron chi connectivity index (χ4n) is 3.03. The second-order valence-corrected chi connectivity index (χ2v) is 6.88. The van der Waals surface area contributed by atoms with Gasteiger partial charge in [0.15, 0.2) is 5.78 Å². The summed E-state index contributed by atoms with van der Waals surface area (Å²) in [6.45, 7) is 0. The summed E-state index contributed by atoms with van der Waals surface area (Å²) in [5.41, 5.74) is -0.873. The molecular weight excluding hydrogens is 314 g/mol. The van der Waals surface area contributed by atoms with Gasteiger partial charge in [-0.3, -0.25) is 9.59 Å². The van der Waals surface area contributed by atoms with Crippen LogP contribution in [0.5, 0.6) is 0 Å². The molecule has 23 heavy (non-hydrogen) atoms. The minimum absolute atomic E-state index is 0.0631. The Morgan fingerprint density at radius 3 is 2.57 bits per heavy atom. The number of hydrogen-bond donors (Lipinski definition) is 1. The normalized spacial score (nSPS) is 16.6. The van der Waals surface area contributed by atoms with E-state index in [0.29, 0.717) is 25.7 Å². The van der Waals surface area contributed by atoms with Gasteiger partial charge < -0.3 is 10.1 Å². The van der Waals surface area contributed by atoms with Crippen LogP contribution in [0.2, 0.25) is 0 Å². The maximum atomic E-state index is 12.2. The highest BCUT2D eigenvalue weighted by Crippen LogP contribution is 2.29. The molecule has 0 aromatic carbocycles. The average Bonchev–Trinajstić information content (AvgIpc) is 3.09. The molecule has 0 atom stereocenters. The fourth-order valence-corrected chi connectivity index (χ4v) is 3.72. The van der Waals surface area contributed by atoms with Gasteiger partial charge >= 0.3 is 5.97 Å². The molecule has 1 aliphatic carbocycles. The van der Waals surface area contributed by atoms with Gasteiger partial charge in [-0.2, -0.15) is 0 Å². The topological polar surface area (TPSA) is 72.5 Å². The van der Waals surface area contributed by atoms with Crippen LogP contribution < -0.4 is 5.32 Å². The highest BCUT2D eigenvalue weighted by atomic mass is 32.1. The molecule has 1 aromatic rings. The Hall–Kier alpha value is -1.69. The molecule has 0 unspecified atom stereocenters. The van der Waals surface area contributed by atoms with Gasteiger partial charge in [-0.1, -0.05) is 25.3 Å². The molecular formula is C17H23NO4S. The molecule has 1 aliphatic rings. The highest BCUT2D eigenvalue weighted by Gasteiger charge is 2.41. The van der Waals surface area contributed by atoms with Crippen molar-refractivity contribution < 1.29 is 19.1 Å². The van der Waals surface area contributed by atoms with Gasteiger partial charge in [-0.05, 0) is 30.7 Å². The number of carbonyl (C=O) groups excluding carboxylic acids is 3. The number of carbonyl (C=O) groups is 3. The van der Waals surface area contributed by atoms with Crippen LogP contribution in [0.15, 0.2) is 17.5 Å². The van der Waals surface area contributed by atoms with Crippen LogP contribution in [-0.4, -0.2) is 30.3 Å². The van der Waals surface area contributed by atoms with E-state index in [2.05, 4.69) is 5.32 Å². The molecule has 0 bridgehead atoms. The zero-order valence-corrected chi connectivity index (χ0v) is 14.2. The highest BCUT2D eigenvalue weighted by molar-refractivity contribution is 7.12. The summed E-state index contributed by atoms with van der Waals surface area (Å²) >= 11 is 1.41. The number of Topliss-reactive ketones (excluding diaryl/α,β-unsaturated/α-hetero) is 1. The number of esters is 1. The molecule has 126 valence electrons. The predicted molar refractivity (Wildman–Crippen MR) is 88.5 cm³/mol.